The Kier molecular flexibility index (Phi) is 10.6. The highest BCUT2D eigenvalue weighted by Gasteiger charge is 2.34. The van der Waals surface area contributed by atoms with Crippen molar-refractivity contribution in [2.45, 2.75) is 26.5 Å². The number of nitrogens with one attached hydrogen (secondary N) is 1. The van der Waals surface area contributed by atoms with Gasteiger partial charge in [0.05, 0.1) is 46.7 Å². The molecule has 0 unspecified atom stereocenters. The molecule has 1 aliphatic rings. The number of halogens is 2. The largest absolute Gasteiger partial charge is 0.497 e. The van der Waals surface area contributed by atoms with Crippen LogP contribution in [0.25, 0.3) is 6.08 Å². The first-order chi connectivity index (χ1) is 24.2. The van der Waals surface area contributed by atoms with Gasteiger partial charge in [0.1, 0.15) is 24.1 Å². The van der Waals surface area contributed by atoms with E-state index in [1.165, 1.54) is 18.4 Å². The maximum Gasteiger partial charge on any atom is 0.271 e. The molecule has 0 spiro atoms. The molecule has 2 heterocycles. The fourth-order valence-corrected chi connectivity index (χ4v) is 6.98. The maximum atomic E-state index is 14.3. The molecule has 6 rings (SSSR count). The van der Waals surface area contributed by atoms with Gasteiger partial charge in [-0.3, -0.25) is 14.2 Å². The summed E-state index contributed by atoms with van der Waals surface area (Å²) in [6.07, 6.45) is 1.78. The van der Waals surface area contributed by atoms with Gasteiger partial charge in [-0.05, 0) is 79.6 Å². The van der Waals surface area contributed by atoms with E-state index in [-0.39, 0.29) is 18.1 Å². The van der Waals surface area contributed by atoms with Crippen LogP contribution in [0.3, 0.4) is 0 Å². The summed E-state index contributed by atoms with van der Waals surface area (Å²) in [6, 6.07) is 24.4. The van der Waals surface area contributed by atoms with Crippen molar-refractivity contribution >= 4 is 52.2 Å². The second-order valence-electron chi connectivity index (χ2n) is 11.2. The van der Waals surface area contributed by atoms with E-state index in [1.54, 1.807) is 73.2 Å². The van der Waals surface area contributed by atoms with Crippen molar-refractivity contribution in [2.24, 2.45) is 4.99 Å². The molecule has 1 N–H and O–H groups in total. The Morgan fingerprint density at radius 3 is 2.44 bits per heavy atom. The monoisotopic (exact) mass is 729 g/mol. The third-order valence-corrected chi connectivity index (χ3v) is 9.70. The second kappa shape index (κ2) is 15.2. The van der Waals surface area contributed by atoms with Gasteiger partial charge in [0, 0.05) is 17.3 Å². The number of anilines is 1. The average Bonchev–Trinajstić information content (AvgIpc) is 3.42. The van der Waals surface area contributed by atoms with Crippen LogP contribution >= 0.6 is 34.5 Å². The van der Waals surface area contributed by atoms with Crippen molar-refractivity contribution in [3.63, 3.8) is 0 Å². The van der Waals surface area contributed by atoms with Crippen molar-refractivity contribution in [3.05, 3.63) is 143 Å². The molecular weight excluding hydrogens is 697 g/mol. The number of hydrogen-bond acceptors (Lipinski definition) is 8. The lowest BCUT2D eigenvalue weighted by Crippen LogP contribution is -2.40. The molecule has 0 aliphatic carbocycles. The fraction of sp³-hybridized carbons (Fsp3) is 0.184. The minimum absolute atomic E-state index is 0.253. The zero-order valence-corrected chi connectivity index (χ0v) is 30.0. The smallest absolute Gasteiger partial charge is 0.271 e. The van der Waals surface area contributed by atoms with Gasteiger partial charge in [0.15, 0.2) is 16.3 Å². The molecule has 0 saturated heterocycles. The van der Waals surface area contributed by atoms with Crippen LogP contribution in [0.2, 0.25) is 10.0 Å². The Balaban J connectivity index is 1.42. The number of thiazole rings is 1. The molecule has 12 heteroatoms. The summed E-state index contributed by atoms with van der Waals surface area (Å²) in [4.78, 5) is 33.5. The second-order valence-corrected chi connectivity index (χ2v) is 13.0. The normalized spacial score (nSPS) is 14.1. The summed E-state index contributed by atoms with van der Waals surface area (Å²) in [6.45, 7) is 4.31. The van der Waals surface area contributed by atoms with Crippen LogP contribution in [0, 0.1) is 0 Å². The van der Waals surface area contributed by atoms with E-state index in [9.17, 15) is 9.59 Å². The topological polar surface area (TPSA) is 100 Å². The Labute approximate surface area is 302 Å². The van der Waals surface area contributed by atoms with Gasteiger partial charge in [0.2, 0.25) is 0 Å². The third-order valence-electron chi connectivity index (χ3n) is 7.98. The molecule has 1 amide bonds. The molecule has 0 fully saturated rings. The highest BCUT2D eigenvalue weighted by atomic mass is 35.5. The van der Waals surface area contributed by atoms with Crippen molar-refractivity contribution in [1.82, 2.24) is 4.57 Å². The highest BCUT2D eigenvalue weighted by molar-refractivity contribution is 7.07. The van der Waals surface area contributed by atoms with Gasteiger partial charge in [-0.25, -0.2) is 4.99 Å². The molecule has 9 nitrogen and oxygen atoms in total. The molecule has 5 aromatic rings. The number of amides is 1. The van der Waals surface area contributed by atoms with E-state index >= 15 is 0 Å². The van der Waals surface area contributed by atoms with Crippen LogP contribution in [-0.4, -0.2) is 31.3 Å². The van der Waals surface area contributed by atoms with E-state index in [1.807, 2.05) is 43.3 Å². The van der Waals surface area contributed by atoms with Gasteiger partial charge >= 0.3 is 0 Å². The molecule has 4 aromatic carbocycles. The SMILES string of the molecule is CCOc1cc(/C=c2\sc3n(c2=O)[C@H](c2ccc(OC)cc2OC)C(C(=O)Nc2ccccc2)=C(C)N=3)ccc1OCc1ccc(Cl)c(Cl)c1. The van der Waals surface area contributed by atoms with Crippen LogP contribution in [-0.2, 0) is 11.4 Å². The molecule has 50 heavy (non-hydrogen) atoms. The zero-order chi connectivity index (χ0) is 35.4. The zero-order valence-electron chi connectivity index (χ0n) is 27.7. The lowest BCUT2D eigenvalue weighted by Gasteiger charge is -2.26. The van der Waals surface area contributed by atoms with E-state index in [4.69, 9.17) is 47.1 Å². The maximum absolute atomic E-state index is 14.3. The molecular formula is C38H33Cl2N3O6S. The summed E-state index contributed by atoms with van der Waals surface area (Å²) in [5, 5.41) is 3.88. The fourth-order valence-electron chi connectivity index (χ4n) is 5.61. The molecule has 0 bridgehead atoms. The first-order valence-corrected chi connectivity index (χ1v) is 17.2. The van der Waals surface area contributed by atoms with E-state index in [0.717, 1.165) is 11.1 Å². The number of benzene rings is 4. The van der Waals surface area contributed by atoms with Crippen LogP contribution in [0.4, 0.5) is 5.69 Å². The number of nitrogens with zero attached hydrogens (tertiary/aromatic N) is 2. The molecule has 256 valence electrons. The van der Waals surface area contributed by atoms with Crippen molar-refractivity contribution in [2.75, 3.05) is 26.1 Å². The summed E-state index contributed by atoms with van der Waals surface area (Å²) in [5.41, 5.74) is 3.28. The van der Waals surface area contributed by atoms with E-state index in [2.05, 4.69) is 5.32 Å². The highest BCUT2D eigenvalue weighted by Crippen LogP contribution is 2.38. The van der Waals surface area contributed by atoms with Crippen molar-refractivity contribution in [3.8, 4) is 23.0 Å². The summed E-state index contributed by atoms with van der Waals surface area (Å²) < 4.78 is 25.1. The van der Waals surface area contributed by atoms with Crippen LogP contribution < -0.4 is 39.2 Å². The predicted molar refractivity (Wildman–Crippen MR) is 197 cm³/mol. The molecule has 1 atom stereocenters. The number of allylic oxidation sites excluding steroid dienone is 1. The van der Waals surface area contributed by atoms with Crippen molar-refractivity contribution < 1.29 is 23.7 Å². The van der Waals surface area contributed by atoms with Crippen LogP contribution in [0.5, 0.6) is 23.0 Å². The number of carbonyl (C=O) groups is 1. The number of fused-ring (bicyclic) bond motifs is 1. The lowest BCUT2D eigenvalue weighted by atomic mass is 9.94. The average molecular weight is 731 g/mol. The Bertz CT molecular complexity index is 2280. The quantitative estimate of drug-likeness (QED) is 0.155. The van der Waals surface area contributed by atoms with Crippen molar-refractivity contribution in [1.29, 1.82) is 0 Å². The number of para-hydroxylation sites is 1. The Morgan fingerprint density at radius 1 is 0.920 bits per heavy atom. The van der Waals surface area contributed by atoms with Crippen LogP contribution in [0.15, 0.2) is 106 Å². The van der Waals surface area contributed by atoms with E-state index < -0.39 is 6.04 Å². The van der Waals surface area contributed by atoms with Gasteiger partial charge in [-0.1, -0.05) is 64.9 Å². The first kappa shape index (κ1) is 34.8. The molecule has 0 radical (unpaired) electrons. The number of rotatable bonds is 11. The number of ether oxygens (including phenoxy) is 4. The lowest BCUT2D eigenvalue weighted by molar-refractivity contribution is -0.113. The van der Waals surface area contributed by atoms with Crippen LogP contribution in [0.1, 0.15) is 36.6 Å². The number of hydrogen-bond donors (Lipinski definition) is 1. The van der Waals surface area contributed by atoms with Gasteiger partial charge < -0.3 is 24.3 Å². The minimum Gasteiger partial charge on any atom is -0.497 e. The van der Waals surface area contributed by atoms with Gasteiger partial charge in [0.25, 0.3) is 11.5 Å². The third kappa shape index (κ3) is 7.28. The first-order valence-electron chi connectivity index (χ1n) is 15.6. The Hall–Kier alpha value is -5.03. The minimum atomic E-state index is -0.839. The van der Waals surface area contributed by atoms with Gasteiger partial charge in [-0.2, -0.15) is 0 Å². The predicted octanol–water partition coefficient (Wildman–Crippen LogP) is 7.18. The molecule has 1 aliphatic heterocycles. The van der Waals surface area contributed by atoms with E-state index in [0.29, 0.717) is 71.5 Å². The number of aromatic nitrogens is 1. The standard InChI is InChI=1S/C38H33Cl2N3O6S/c1-5-48-32-18-23(12-16-30(32)49-21-24-11-15-28(39)29(40)17-24)19-33-37(45)43-35(27-14-13-26(46-3)20-31(27)47-4)34(22(2)41-38(43)50-33)36(44)42-25-9-7-6-8-10-25/h6-20,35H,5,21H2,1-4H3,(H,42,44)/b33-19-/t35-/m1/s1. The summed E-state index contributed by atoms with van der Waals surface area (Å²) in [7, 11) is 3.10. The molecule has 0 saturated carbocycles. The number of methoxy groups -OCH3 is 2. The number of carbonyl (C=O) groups excluding carboxylic acids is 1. The summed E-state index contributed by atoms with van der Waals surface area (Å²) in [5.74, 6) is 1.70. The molecule has 1 aromatic heterocycles. The van der Waals surface area contributed by atoms with Gasteiger partial charge in [-0.15, -0.1) is 0 Å². The Morgan fingerprint density at radius 2 is 1.72 bits per heavy atom. The summed E-state index contributed by atoms with van der Waals surface area (Å²) >= 11 is 13.5.